The highest BCUT2D eigenvalue weighted by Gasteiger charge is 2.49. The Morgan fingerprint density at radius 3 is 2.35 bits per heavy atom. The molecule has 4 rings (SSSR count). The van der Waals surface area contributed by atoms with Gasteiger partial charge in [-0.1, -0.05) is 37.3 Å². The second kappa shape index (κ2) is 7.80. The number of hydrogen-bond donors (Lipinski definition) is 2. The van der Waals surface area contributed by atoms with Crippen LogP contribution in [0.1, 0.15) is 41.2 Å². The van der Waals surface area contributed by atoms with Crippen molar-refractivity contribution in [1.82, 2.24) is 0 Å². The van der Waals surface area contributed by atoms with E-state index in [1.54, 1.807) is 43.3 Å². The van der Waals surface area contributed by atoms with Crippen molar-refractivity contribution in [3.63, 3.8) is 0 Å². The number of carbonyl (C=O) groups excluding carboxylic acids is 2. The van der Waals surface area contributed by atoms with Crippen molar-refractivity contribution >= 4 is 23.1 Å². The Labute approximate surface area is 180 Å². The van der Waals surface area contributed by atoms with E-state index >= 15 is 0 Å². The Bertz CT molecular complexity index is 1200. The number of benzene rings is 2. The minimum absolute atomic E-state index is 0.0792. The number of aliphatic hydroxyl groups excluding tert-OH is 1. The van der Waals surface area contributed by atoms with E-state index in [4.69, 9.17) is 4.42 Å². The van der Waals surface area contributed by atoms with Gasteiger partial charge in [-0.05, 0) is 55.7 Å². The average molecular weight is 417 g/mol. The molecule has 1 amide bonds. The molecule has 0 aliphatic carbocycles. The monoisotopic (exact) mass is 417 g/mol. The summed E-state index contributed by atoms with van der Waals surface area (Å²) >= 11 is 0. The summed E-state index contributed by atoms with van der Waals surface area (Å²) in [6, 6.07) is 14.3. The molecule has 1 aromatic heterocycles. The second-order valence-corrected chi connectivity index (χ2v) is 7.66. The maximum absolute atomic E-state index is 13.1. The van der Waals surface area contributed by atoms with Crippen molar-refractivity contribution in [2.24, 2.45) is 0 Å². The molecular formula is C25H23NO5. The number of rotatable bonds is 4. The van der Waals surface area contributed by atoms with Crippen molar-refractivity contribution < 1.29 is 24.2 Å². The lowest BCUT2D eigenvalue weighted by Gasteiger charge is -2.24. The Kier molecular flexibility index (Phi) is 5.15. The number of amides is 1. The molecule has 3 aromatic rings. The fourth-order valence-electron chi connectivity index (χ4n) is 3.83. The van der Waals surface area contributed by atoms with Gasteiger partial charge < -0.3 is 14.6 Å². The average Bonchev–Trinajstić information content (AvgIpc) is 3.30. The van der Waals surface area contributed by atoms with E-state index in [0.717, 1.165) is 17.5 Å². The molecule has 0 bridgehead atoms. The second-order valence-electron chi connectivity index (χ2n) is 7.66. The van der Waals surface area contributed by atoms with Gasteiger partial charge in [0.05, 0.1) is 11.3 Å². The highest BCUT2D eigenvalue weighted by molar-refractivity contribution is 6.51. The molecule has 1 atom stereocenters. The zero-order chi connectivity index (χ0) is 22.3. The van der Waals surface area contributed by atoms with Gasteiger partial charge in [-0.15, -0.1) is 0 Å². The van der Waals surface area contributed by atoms with Crippen molar-refractivity contribution in [3.8, 4) is 5.75 Å². The van der Waals surface area contributed by atoms with Gasteiger partial charge in [-0.3, -0.25) is 14.5 Å². The number of hydrogen-bond acceptors (Lipinski definition) is 5. The SMILES string of the molecule is CCc1ccc(/C(O)=C2/C(=O)C(=O)N(c3cc(C)ccc3O)C2c2ccc(C)o2)cc1. The van der Waals surface area contributed by atoms with Crippen LogP contribution in [0.25, 0.3) is 5.76 Å². The predicted molar refractivity (Wildman–Crippen MR) is 117 cm³/mol. The van der Waals surface area contributed by atoms with Crippen LogP contribution in [-0.4, -0.2) is 21.9 Å². The van der Waals surface area contributed by atoms with Gasteiger partial charge in [-0.25, -0.2) is 0 Å². The van der Waals surface area contributed by atoms with Gasteiger partial charge in [0.2, 0.25) is 0 Å². The molecule has 31 heavy (non-hydrogen) atoms. The number of aryl methyl sites for hydroxylation is 3. The minimum Gasteiger partial charge on any atom is -0.507 e. The summed E-state index contributed by atoms with van der Waals surface area (Å²) in [4.78, 5) is 27.4. The number of aliphatic hydroxyl groups is 1. The molecule has 1 saturated heterocycles. The summed E-state index contributed by atoms with van der Waals surface area (Å²) in [6.45, 7) is 5.60. The van der Waals surface area contributed by atoms with Crippen LogP contribution in [-0.2, 0) is 16.0 Å². The molecule has 2 aromatic carbocycles. The molecular weight excluding hydrogens is 394 g/mol. The van der Waals surface area contributed by atoms with Gasteiger partial charge in [0, 0.05) is 5.56 Å². The number of aromatic hydroxyl groups is 1. The zero-order valence-corrected chi connectivity index (χ0v) is 17.5. The third-order valence-corrected chi connectivity index (χ3v) is 5.50. The first-order valence-electron chi connectivity index (χ1n) is 10.1. The van der Waals surface area contributed by atoms with E-state index in [9.17, 15) is 19.8 Å². The molecule has 0 saturated carbocycles. The third kappa shape index (κ3) is 3.50. The third-order valence-electron chi connectivity index (χ3n) is 5.50. The van der Waals surface area contributed by atoms with Crippen LogP contribution < -0.4 is 4.90 Å². The van der Waals surface area contributed by atoms with Crippen LogP contribution in [0.4, 0.5) is 5.69 Å². The molecule has 2 heterocycles. The van der Waals surface area contributed by atoms with Crippen molar-refractivity contribution in [1.29, 1.82) is 0 Å². The van der Waals surface area contributed by atoms with E-state index in [-0.39, 0.29) is 22.8 Å². The fourth-order valence-corrected chi connectivity index (χ4v) is 3.83. The van der Waals surface area contributed by atoms with Crippen LogP contribution in [0.3, 0.4) is 0 Å². The van der Waals surface area contributed by atoms with Crippen LogP contribution in [0.2, 0.25) is 0 Å². The summed E-state index contributed by atoms with van der Waals surface area (Å²) in [5.74, 6) is -1.18. The molecule has 1 fully saturated rings. The summed E-state index contributed by atoms with van der Waals surface area (Å²) < 4.78 is 5.77. The first-order chi connectivity index (χ1) is 14.8. The summed E-state index contributed by atoms with van der Waals surface area (Å²) in [6.07, 6.45) is 0.837. The Hall–Kier alpha value is -3.80. The topological polar surface area (TPSA) is 91.0 Å². The molecule has 158 valence electrons. The fraction of sp³-hybridized carbons (Fsp3) is 0.200. The van der Waals surface area contributed by atoms with Crippen molar-refractivity contribution in [3.05, 3.63) is 88.4 Å². The number of phenols is 1. The summed E-state index contributed by atoms with van der Waals surface area (Å²) in [7, 11) is 0. The number of phenolic OH excluding ortho intramolecular Hbond substituents is 1. The van der Waals surface area contributed by atoms with Crippen LogP contribution in [0.15, 0.2) is 64.6 Å². The first-order valence-corrected chi connectivity index (χ1v) is 10.1. The van der Waals surface area contributed by atoms with E-state index in [1.165, 1.54) is 11.0 Å². The van der Waals surface area contributed by atoms with Gasteiger partial charge in [-0.2, -0.15) is 0 Å². The first kappa shape index (κ1) is 20.5. The standard InChI is InChI=1S/C25H23NO5/c1-4-16-7-9-17(10-8-16)23(28)21-22(20-12-6-15(3)31-20)26(25(30)24(21)29)18-13-14(2)5-11-19(18)27/h5-13,22,27-28H,4H2,1-3H3/b23-21-. The van der Waals surface area contributed by atoms with Gasteiger partial charge >= 0.3 is 0 Å². The predicted octanol–water partition coefficient (Wildman–Crippen LogP) is 4.79. The highest BCUT2D eigenvalue weighted by atomic mass is 16.3. The van der Waals surface area contributed by atoms with Crippen LogP contribution in [0, 0.1) is 13.8 Å². The van der Waals surface area contributed by atoms with E-state index in [2.05, 4.69) is 0 Å². The smallest absolute Gasteiger partial charge is 0.300 e. The van der Waals surface area contributed by atoms with Gasteiger partial charge in [0.25, 0.3) is 11.7 Å². The van der Waals surface area contributed by atoms with Gasteiger partial charge in [0.1, 0.15) is 29.1 Å². The normalized spacial score (nSPS) is 18.0. The number of furan rings is 1. The maximum Gasteiger partial charge on any atom is 0.300 e. The number of Topliss-reactive ketones (excluding diaryl/α,β-unsaturated/α-hetero) is 1. The zero-order valence-electron chi connectivity index (χ0n) is 17.5. The summed E-state index contributed by atoms with van der Waals surface area (Å²) in [5, 5.41) is 21.5. The van der Waals surface area contributed by atoms with Gasteiger partial charge in [0.15, 0.2) is 0 Å². The van der Waals surface area contributed by atoms with Crippen molar-refractivity contribution in [2.75, 3.05) is 4.90 Å². The van der Waals surface area contributed by atoms with E-state index in [1.807, 2.05) is 26.0 Å². The quantitative estimate of drug-likeness (QED) is 0.362. The van der Waals surface area contributed by atoms with Crippen molar-refractivity contribution in [2.45, 2.75) is 33.2 Å². The molecule has 1 aliphatic heterocycles. The summed E-state index contributed by atoms with van der Waals surface area (Å²) in [5.41, 5.74) is 2.42. The van der Waals surface area contributed by atoms with E-state index in [0.29, 0.717) is 17.1 Å². The number of carbonyl (C=O) groups is 2. The molecule has 2 N–H and O–H groups in total. The Balaban J connectivity index is 1.94. The van der Waals surface area contributed by atoms with Crippen LogP contribution >= 0.6 is 0 Å². The number of ketones is 1. The molecule has 6 nitrogen and oxygen atoms in total. The lowest BCUT2D eigenvalue weighted by Crippen LogP contribution is -2.29. The highest BCUT2D eigenvalue weighted by Crippen LogP contribution is 2.45. The lowest BCUT2D eigenvalue weighted by molar-refractivity contribution is -0.132. The molecule has 6 heteroatoms. The van der Waals surface area contributed by atoms with E-state index < -0.39 is 17.7 Å². The molecule has 0 radical (unpaired) electrons. The number of nitrogens with zero attached hydrogens (tertiary/aromatic N) is 1. The molecule has 1 aliphatic rings. The van der Waals surface area contributed by atoms with Crippen LogP contribution in [0.5, 0.6) is 5.75 Å². The largest absolute Gasteiger partial charge is 0.507 e. The number of anilines is 1. The molecule has 0 spiro atoms. The minimum atomic E-state index is -1.01. The maximum atomic E-state index is 13.1. The Morgan fingerprint density at radius 2 is 1.74 bits per heavy atom. The molecule has 1 unspecified atom stereocenters. The Morgan fingerprint density at radius 1 is 1.03 bits per heavy atom. The lowest BCUT2D eigenvalue weighted by atomic mass is 9.98.